The highest BCUT2D eigenvalue weighted by Crippen LogP contribution is 2.26. The van der Waals surface area contributed by atoms with Crippen LogP contribution in [-0.4, -0.2) is 142 Å². The molecule has 0 aliphatic carbocycles. The molecule has 2 heterocycles. The van der Waals surface area contributed by atoms with E-state index in [1.807, 2.05) is 0 Å². The molecule has 14 nitrogen and oxygen atoms in total. The van der Waals surface area contributed by atoms with Gasteiger partial charge < -0.3 is 64.2 Å². The number of aliphatic hydroxyl groups excluding tert-OH is 7. The third-order valence-electron chi connectivity index (χ3n) is 12.8. The van der Waals surface area contributed by atoms with Crippen molar-refractivity contribution in [1.29, 1.82) is 0 Å². The number of aliphatic hydroxyl groups is 7. The maximum atomic E-state index is 12.9. The lowest BCUT2D eigenvalue weighted by Gasteiger charge is -2.42. The van der Waals surface area contributed by atoms with E-state index in [1.165, 1.54) is 116 Å². The number of carbonyl (C=O) groups excluding carboxylic acids is 1. The van der Waals surface area contributed by atoms with Crippen molar-refractivity contribution in [3.05, 3.63) is 12.2 Å². The smallest absolute Gasteiger partial charge is 0.306 e. The molecule has 0 bridgehead atoms. The van der Waals surface area contributed by atoms with E-state index >= 15 is 0 Å². The molecular formula is C51H96O14. The van der Waals surface area contributed by atoms with Gasteiger partial charge >= 0.3 is 5.97 Å². The Morgan fingerprint density at radius 3 is 1.46 bits per heavy atom. The quantitative estimate of drug-likeness (QED) is 0.0176. The van der Waals surface area contributed by atoms with Gasteiger partial charge in [0.1, 0.15) is 54.9 Å². The van der Waals surface area contributed by atoms with E-state index in [0.29, 0.717) is 13.0 Å². The largest absolute Gasteiger partial charge is 0.457 e. The third kappa shape index (κ3) is 27.5. The summed E-state index contributed by atoms with van der Waals surface area (Å²) in [4.78, 5) is 12.9. The Bertz CT molecular complexity index is 1130. The van der Waals surface area contributed by atoms with Crippen LogP contribution in [0.4, 0.5) is 0 Å². The van der Waals surface area contributed by atoms with Crippen molar-refractivity contribution in [2.75, 3.05) is 33.0 Å². The summed E-state index contributed by atoms with van der Waals surface area (Å²) in [7, 11) is 0. The Hall–Kier alpha value is -1.27. The molecule has 0 spiro atoms. The predicted octanol–water partition coefficient (Wildman–Crippen LogP) is 7.85. The SMILES string of the molecule is CCC/C=C\CCCCCCCC(=O)OC(COCCCCCCCCCCCCCCCCCCCCCCC)COC1OC(COC2OC(CO)C(O)C(O)C2O)C(O)C(O)C1O. The second-order valence-corrected chi connectivity index (χ2v) is 18.7. The molecule has 0 aromatic carbocycles. The zero-order valence-corrected chi connectivity index (χ0v) is 40.7. The topological polar surface area (TPSA) is 214 Å². The van der Waals surface area contributed by atoms with Crippen LogP contribution in [-0.2, 0) is 33.2 Å². The molecule has 384 valence electrons. The van der Waals surface area contributed by atoms with Crippen molar-refractivity contribution in [2.24, 2.45) is 0 Å². The Labute approximate surface area is 393 Å². The van der Waals surface area contributed by atoms with Crippen LogP contribution in [0.3, 0.4) is 0 Å². The van der Waals surface area contributed by atoms with Gasteiger partial charge in [0.2, 0.25) is 0 Å². The van der Waals surface area contributed by atoms with E-state index in [2.05, 4.69) is 26.0 Å². The second kappa shape index (κ2) is 39.6. The van der Waals surface area contributed by atoms with Gasteiger partial charge in [0.15, 0.2) is 12.6 Å². The lowest BCUT2D eigenvalue weighted by molar-refractivity contribution is -0.332. The van der Waals surface area contributed by atoms with E-state index < -0.39 is 80.7 Å². The van der Waals surface area contributed by atoms with Crippen molar-refractivity contribution < 1.29 is 69.0 Å². The molecule has 2 fully saturated rings. The van der Waals surface area contributed by atoms with Crippen LogP contribution in [0.5, 0.6) is 0 Å². The summed E-state index contributed by atoms with van der Waals surface area (Å²) < 4.78 is 34.2. The molecule has 65 heavy (non-hydrogen) atoms. The fourth-order valence-electron chi connectivity index (χ4n) is 8.46. The average molecular weight is 933 g/mol. The molecule has 11 unspecified atom stereocenters. The summed E-state index contributed by atoms with van der Waals surface area (Å²) in [5.74, 6) is -0.384. The number of unbranched alkanes of at least 4 members (excludes halogenated alkanes) is 26. The molecule has 2 saturated heterocycles. The van der Waals surface area contributed by atoms with Gasteiger partial charge in [-0.25, -0.2) is 0 Å². The average Bonchev–Trinajstić information content (AvgIpc) is 3.30. The lowest BCUT2D eigenvalue weighted by atomic mass is 9.98. The predicted molar refractivity (Wildman–Crippen MR) is 252 cm³/mol. The van der Waals surface area contributed by atoms with E-state index in [4.69, 9.17) is 28.4 Å². The maximum absolute atomic E-state index is 12.9. The number of hydrogen-bond acceptors (Lipinski definition) is 14. The zero-order valence-electron chi connectivity index (χ0n) is 40.7. The van der Waals surface area contributed by atoms with Gasteiger partial charge in [0.05, 0.1) is 26.4 Å². The van der Waals surface area contributed by atoms with Crippen LogP contribution in [0.15, 0.2) is 12.2 Å². The summed E-state index contributed by atoms with van der Waals surface area (Å²) in [6.45, 7) is 3.64. The normalized spacial score (nSPS) is 26.5. The van der Waals surface area contributed by atoms with Gasteiger partial charge in [0, 0.05) is 13.0 Å². The van der Waals surface area contributed by atoms with Gasteiger partial charge in [-0.1, -0.05) is 180 Å². The van der Waals surface area contributed by atoms with E-state index in [1.54, 1.807) is 0 Å². The van der Waals surface area contributed by atoms with E-state index in [-0.39, 0.29) is 25.6 Å². The number of hydrogen-bond donors (Lipinski definition) is 7. The first kappa shape index (κ1) is 59.9. The highest BCUT2D eigenvalue weighted by Gasteiger charge is 2.47. The first-order valence-corrected chi connectivity index (χ1v) is 26.3. The van der Waals surface area contributed by atoms with Gasteiger partial charge in [-0.3, -0.25) is 4.79 Å². The minimum absolute atomic E-state index is 0.0636. The van der Waals surface area contributed by atoms with E-state index in [9.17, 15) is 40.5 Å². The Balaban J connectivity index is 1.70. The highest BCUT2D eigenvalue weighted by molar-refractivity contribution is 5.69. The number of allylic oxidation sites excluding steroid dienone is 2. The zero-order chi connectivity index (χ0) is 47.3. The molecule has 14 heteroatoms. The minimum atomic E-state index is -1.70. The molecule has 2 aliphatic heterocycles. The van der Waals surface area contributed by atoms with E-state index in [0.717, 1.165) is 64.2 Å². The Kier molecular flexibility index (Phi) is 36.4. The van der Waals surface area contributed by atoms with Crippen LogP contribution in [0, 0.1) is 0 Å². The van der Waals surface area contributed by atoms with Crippen molar-refractivity contribution in [3.63, 3.8) is 0 Å². The second-order valence-electron chi connectivity index (χ2n) is 18.7. The molecule has 2 rings (SSSR count). The minimum Gasteiger partial charge on any atom is -0.457 e. The summed E-state index contributed by atoms with van der Waals surface area (Å²) >= 11 is 0. The van der Waals surface area contributed by atoms with Crippen LogP contribution in [0.2, 0.25) is 0 Å². The molecule has 0 aromatic heterocycles. The van der Waals surface area contributed by atoms with Gasteiger partial charge in [-0.15, -0.1) is 0 Å². The fraction of sp³-hybridized carbons (Fsp3) is 0.941. The Morgan fingerprint density at radius 2 is 0.938 bits per heavy atom. The lowest BCUT2D eigenvalue weighted by Crippen LogP contribution is -2.61. The molecule has 0 aromatic rings. The maximum Gasteiger partial charge on any atom is 0.306 e. The molecule has 2 aliphatic rings. The standard InChI is InChI=1S/C51H96O14/c1-3-5-7-9-11-13-15-16-17-18-19-20-21-22-23-24-25-27-29-31-33-35-60-37-40(63-43(53)34-32-30-28-26-14-12-10-8-6-4-2)38-61-50-49(59)47(57)45(55)42(65-50)39-62-51-48(58)46(56)44(54)41(36-52)64-51/h8,10,40-42,44-52,54-59H,3-7,9,11-39H2,1-2H3/b10-8-. The summed E-state index contributed by atoms with van der Waals surface area (Å²) in [6, 6.07) is 0. The number of rotatable bonds is 42. The van der Waals surface area contributed by atoms with Crippen LogP contribution in [0.1, 0.15) is 206 Å². The van der Waals surface area contributed by atoms with Crippen molar-refractivity contribution >= 4 is 5.97 Å². The Morgan fingerprint density at radius 1 is 0.492 bits per heavy atom. The third-order valence-corrected chi connectivity index (χ3v) is 12.8. The number of esters is 1. The fourth-order valence-corrected chi connectivity index (χ4v) is 8.46. The summed E-state index contributed by atoms with van der Waals surface area (Å²) in [6.07, 6.45) is 24.4. The van der Waals surface area contributed by atoms with Crippen LogP contribution < -0.4 is 0 Å². The molecule has 7 N–H and O–H groups in total. The first-order valence-electron chi connectivity index (χ1n) is 26.3. The molecular weight excluding hydrogens is 837 g/mol. The van der Waals surface area contributed by atoms with Gasteiger partial charge in [0.25, 0.3) is 0 Å². The van der Waals surface area contributed by atoms with Crippen LogP contribution in [0.25, 0.3) is 0 Å². The molecule has 0 saturated carbocycles. The van der Waals surface area contributed by atoms with Gasteiger partial charge in [-0.05, 0) is 32.1 Å². The highest BCUT2D eigenvalue weighted by atomic mass is 16.7. The molecule has 11 atom stereocenters. The molecule has 0 amide bonds. The van der Waals surface area contributed by atoms with Crippen molar-refractivity contribution in [2.45, 2.75) is 274 Å². The van der Waals surface area contributed by atoms with Crippen molar-refractivity contribution in [3.8, 4) is 0 Å². The van der Waals surface area contributed by atoms with Crippen LogP contribution >= 0.6 is 0 Å². The van der Waals surface area contributed by atoms with Gasteiger partial charge in [-0.2, -0.15) is 0 Å². The number of carbonyl (C=O) groups is 1. The molecule has 0 radical (unpaired) electrons. The van der Waals surface area contributed by atoms with Crippen molar-refractivity contribution in [1.82, 2.24) is 0 Å². The summed E-state index contributed by atoms with van der Waals surface area (Å²) in [5, 5.41) is 72.0. The number of ether oxygens (including phenoxy) is 6. The first-order chi connectivity index (χ1) is 31.6. The monoisotopic (exact) mass is 933 g/mol. The summed E-state index contributed by atoms with van der Waals surface area (Å²) in [5.41, 5.74) is 0.